The summed E-state index contributed by atoms with van der Waals surface area (Å²) in [5, 5.41) is 9.29. The highest BCUT2D eigenvalue weighted by Gasteiger charge is 2.19. The zero-order chi connectivity index (χ0) is 8.97. The topological polar surface area (TPSA) is 20.2 Å². The van der Waals surface area contributed by atoms with E-state index in [2.05, 4.69) is 13.0 Å². The highest BCUT2D eigenvalue weighted by molar-refractivity contribution is 5.08. The van der Waals surface area contributed by atoms with Gasteiger partial charge in [0.2, 0.25) is 0 Å². The molecule has 70 valence electrons. The number of hydrogen-bond acceptors (Lipinski definition) is 1. The first-order valence-corrected chi connectivity index (χ1v) is 5.07. The quantitative estimate of drug-likeness (QED) is 0.629. The van der Waals surface area contributed by atoms with Gasteiger partial charge in [0.15, 0.2) is 0 Å². The Hall–Kier alpha value is -0.300. The fraction of sp³-hybridized carbons (Fsp3) is 0.818. The highest BCUT2D eigenvalue weighted by atomic mass is 16.3. The van der Waals surface area contributed by atoms with E-state index in [1.165, 1.54) is 25.7 Å². The molecule has 0 unspecified atom stereocenters. The Morgan fingerprint density at radius 3 is 2.92 bits per heavy atom. The van der Waals surface area contributed by atoms with E-state index in [1.54, 1.807) is 5.57 Å². The Labute approximate surface area is 75.5 Å². The third-order valence-corrected chi connectivity index (χ3v) is 2.79. The van der Waals surface area contributed by atoms with Crippen LogP contribution in [0.25, 0.3) is 0 Å². The Morgan fingerprint density at radius 1 is 1.58 bits per heavy atom. The average molecular weight is 168 g/mol. The maximum Gasteiger partial charge on any atom is 0.0517 e. The lowest BCUT2D eigenvalue weighted by atomic mass is 9.81. The van der Waals surface area contributed by atoms with Crippen LogP contribution in [0.15, 0.2) is 11.6 Å². The molecule has 0 spiro atoms. The molecule has 0 radical (unpaired) electrons. The number of rotatable bonds is 2. The predicted octanol–water partition coefficient (Wildman–Crippen LogP) is 2.89. The summed E-state index contributed by atoms with van der Waals surface area (Å²) in [6.07, 6.45) is 8.29. The van der Waals surface area contributed by atoms with Crippen molar-refractivity contribution < 1.29 is 5.11 Å². The first kappa shape index (κ1) is 9.79. The fourth-order valence-electron chi connectivity index (χ4n) is 2.17. The normalized spacial score (nSPS) is 30.6. The van der Waals surface area contributed by atoms with Crippen LogP contribution < -0.4 is 0 Å². The van der Waals surface area contributed by atoms with Crippen LogP contribution >= 0.6 is 0 Å². The van der Waals surface area contributed by atoms with E-state index >= 15 is 0 Å². The van der Waals surface area contributed by atoms with Crippen molar-refractivity contribution in [3.63, 3.8) is 0 Å². The van der Waals surface area contributed by atoms with Crippen molar-refractivity contribution in [1.29, 1.82) is 0 Å². The van der Waals surface area contributed by atoms with Crippen LogP contribution in [0.3, 0.4) is 0 Å². The van der Waals surface area contributed by atoms with Gasteiger partial charge in [-0.15, -0.1) is 0 Å². The molecule has 0 aliphatic heterocycles. The van der Waals surface area contributed by atoms with Crippen molar-refractivity contribution in [3.05, 3.63) is 11.6 Å². The number of aliphatic hydroxyl groups is 1. The van der Waals surface area contributed by atoms with Crippen LogP contribution in [0.4, 0.5) is 0 Å². The molecule has 0 heterocycles. The molecule has 1 saturated carbocycles. The van der Waals surface area contributed by atoms with E-state index in [-0.39, 0.29) is 6.10 Å². The van der Waals surface area contributed by atoms with E-state index in [4.69, 9.17) is 0 Å². The van der Waals surface area contributed by atoms with E-state index in [9.17, 15) is 5.11 Å². The largest absolute Gasteiger partial charge is 0.393 e. The van der Waals surface area contributed by atoms with Crippen molar-refractivity contribution >= 4 is 0 Å². The van der Waals surface area contributed by atoms with Crippen LogP contribution in [0.1, 0.15) is 46.0 Å². The molecule has 0 saturated heterocycles. The fourth-order valence-corrected chi connectivity index (χ4v) is 2.17. The zero-order valence-corrected chi connectivity index (χ0v) is 8.21. The number of hydrogen-bond donors (Lipinski definition) is 1. The second-order valence-electron chi connectivity index (χ2n) is 3.89. The van der Waals surface area contributed by atoms with Gasteiger partial charge in [-0.05, 0) is 45.4 Å². The predicted molar refractivity (Wildman–Crippen MR) is 52.0 cm³/mol. The molecule has 0 aromatic heterocycles. The summed E-state index contributed by atoms with van der Waals surface area (Å²) < 4.78 is 0. The van der Waals surface area contributed by atoms with E-state index in [1.807, 2.05) is 6.92 Å². The summed E-state index contributed by atoms with van der Waals surface area (Å²) in [5.74, 6) is 0.670. The first-order chi connectivity index (χ1) is 5.74. The van der Waals surface area contributed by atoms with Crippen molar-refractivity contribution in [2.24, 2.45) is 5.92 Å². The molecule has 1 fully saturated rings. The lowest BCUT2D eigenvalue weighted by Crippen LogP contribution is -2.15. The van der Waals surface area contributed by atoms with Gasteiger partial charge in [0, 0.05) is 0 Å². The van der Waals surface area contributed by atoms with Crippen LogP contribution in [0.2, 0.25) is 0 Å². The van der Waals surface area contributed by atoms with Crippen LogP contribution in [0, 0.1) is 5.92 Å². The monoisotopic (exact) mass is 168 g/mol. The minimum Gasteiger partial charge on any atom is -0.393 e. The Bertz CT molecular complexity index is 158. The van der Waals surface area contributed by atoms with Gasteiger partial charge in [0.25, 0.3) is 0 Å². The van der Waals surface area contributed by atoms with Gasteiger partial charge in [-0.25, -0.2) is 0 Å². The van der Waals surface area contributed by atoms with Crippen molar-refractivity contribution in [2.75, 3.05) is 0 Å². The maximum atomic E-state index is 9.29. The summed E-state index contributed by atoms with van der Waals surface area (Å²) in [6.45, 7) is 4.01. The van der Waals surface area contributed by atoms with Crippen molar-refractivity contribution in [3.8, 4) is 0 Å². The second kappa shape index (κ2) is 4.66. The van der Waals surface area contributed by atoms with Crippen LogP contribution in [-0.2, 0) is 0 Å². The summed E-state index contributed by atoms with van der Waals surface area (Å²) >= 11 is 0. The third kappa shape index (κ3) is 2.63. The number of allylic oxidation sites excluding steroid dienone is 2. The maximum absolute atomic E-state index is 9.29. The lowest BCUT2D eigenvalue weighted by molar-refractivity contribution is 0.160. The van der Waals surface area contributed by atoms with Gasteiger partial charge >= 0.3 is 0 Å². The van der Waals surface area contributed by atoms with E-state index in [0.717, 1.165) is 6.42 Å². The molecule has 1 N–H and O–H groups in total. The lowest BCUT2D eigenvalue weighted by Gasteiger charge is -2.26. The Kier molecular flexibility index (Phi) is 3.80. The zero-order valence-electron chi connectivity index (χ0n) is 8.21. The van der Waals surface area contributed by atoms with Crippen LogP contribution in [-0.4, -0.2) is 11.2 Å². The molecule has 0 bridgehead atoms. The molecule has 0 aromatic carbocycles. The smallest absolute Gasteiger partial charge is 0.0517 e. The Balaban J connectivity index is 2.48. The van der Waals surface area contributed by atoms with Gasteiger partial charge in [-0.1, -0.05) is 18.1 Å². The van der Waals surface area contributed by atoms with Crippen molar-refractivity contribution in [1.82, 2.24) is 0 Å². The molecule has 1 aliphatic rings. The molecule has 2 atom stereocenters. The molecule has 1 nitrogen and oxygen atoms in total. The molecule has 1 rings (SSSR count). The Morgan fingerprint density at radius 2 is 2.33 bits per heavy atom. The summed E-state index contributed by atoms with van der Waals surface area (Å²) in [6, 6.07) is 0. The molecule has 1 heteroatoms. The minimum atomic E-state index is -0.136. The minimum absolute atomic E-state index is 0.136. The van der Waals surface area contributed by atoms with Gasteiger partial charge in [-0.2, -0.15) is 0 Å². The summed E-state index contributed by atoms with van der Waals surface area (Å²) in [7, 11) is 0. The van der Waals surface area contributed by atoms with E-state index in [0.29, 0.717) is 5.92 Å². The van der Waals surface area contributed by atoms with Gasteiger partial charge in [0.05, 0.1) is 6.10 Å². The molecular weight excluding hydrogens is 148 g/mol. The van der Waals surface area contributed by atoms with Crippen molar-refractivity contribution in [2.45, 2.75) is 52.1 Å². The van der Waals surface area contributed by atoms with Gasteiger partial charge < -0.3 is 5.11 Å². The number of aliphatic hydroxyl groups excluding tert-OH is 1. The van der Waals surface area contributed by atoms with E-state index < -0.39 is 0 Å². The molecule has 1 aliphatic carbocycles. The summed E-state index contributed by atoms with van der Waals surface area (Å²) in [5.41, 5.74) is 1.57. The first-order valence-electron chi connectivity index (χ1n) is 5.07. The van der Waals surface area contributed by atoms with Crippen LogP contribution in [0.5, 0.6) is 0 Å². The third-order valence-electron chi connectivity index (χ3n) is 2.79. The SMILES string of the molecule is C/C=C1\CCCC[C@H]1C[C@H](C)O. The molecule has 0 amide bonds. The molecule has 12 heavy (non-hydrogen) atoms. The van der Waals surface area contributed by atoms with Gasteiger partial charge in [0.1, 0.15) is 0 Å². The highest BCUT2D eigenvalue weighted by Crippen LogP contribution is 2.32. The average Bonchev–Trinajstić information content (AvgIpc) is 2.04. The second-order valence-corrected chi connectivity index (χ2v) is 3.89. The van der Waals surface area contributed by atoms with Gasteiger partial charge in [-0.3, -0.25) is 0 Å². The molecule has 0 aromatic rings. The summed E-state index contributed by atoms with van der Waals surface area (Å²) in [4.78, 5) is 0. The molecular formula is C11H20O. The standard InChI is InChI=1S/C11H20O/c1-3-10-6-4-5-7-11(10)8-9(2)12/h3,9,11-12H,4-8H2,1-2H3/b10-3+/t9-,11-/m0/s1.